The maximum Gasteiger partial charge on any atom is 0.262 e. The number of benzene rings is 3. The molecule has 0 aliphatic heterocycles. The number of rotatable bonds is 9. The van der Waals surface area contributed by atoms with Crippen LogP contribution in [0.1, 0.15) is 25.0 Å². The van der Waals surface area contributed by atoms with Crippen LogP contribution in [-0.2, 0) is 16.1 Å². The molecule has 2 amide bonds. The number of hydrogen-bond acceptors (Lipinski definition) is 4. The minimum absolute atomic E-state index is 0.000600. The molecule has 0 atom stereocenters. The van der Waals surface area contributed by atoms with E-state index in [1.807, 2.05) is 93.6 Å². The van der Waals surface area contributed by atoms with Crippen LogP contribution in [0.2, 0.25) is 0 Å². The first-order valence-corrected chi connectivity index (χ1v) is 10.6. The first kappa shape index (κ1) is 22.9. The molecule has 3 aromatic rings. The van der Waals surface area contributed by atoms with Gasteiger partial charge in [-0.2, -0.15) is 0 Å². The Labute approximate surface area is 189 Å². The highest BCUT2D eigenvalue weighted by atomic mass is 16.5. The fraction of sp³-hybridized carbons (Fsp3) is 0.231. The van der Waals surface area contributed by atoms with Gasteiger partial charge in [0.1, 0.15) is 5.75 Å². The van der Waals surface area contributed by atoms with E-state index in [0.717, 1.165) is 28.2 Å². The number of anilines is 3. The number of ether oxygens (including phenoxy) is 1. The van der Waals surface area contributed by atoms with Gasteiger partial charge in [0.2, 0.25) is 5.91 Å². The summed E-state index contributed by atoms with van der Waals surface area (Å²) in [5.74, 6) is 0.383. The van der Waals surface area contributed by atoms with E-state index in [0.29, 0.717) is 12.3 Å². The molecule has 0 saturated carbocycles. The molecule has 0 bridgehead atoms. The number of aryl methyl sites for hydroxylation is 1. The molecule has 166 valence electrons. The quantitative estimate of drug-likeness (QED) is 0.434. The SMILES string of the molecule is Cc1ccc(NC(=O)COc2ccc(CNc3ccc(NC(=O)C(C)C)cc3)cc2)cc1. The first-order chi connectivity index (χ1) is 15.4. The molecule has 0 saturated heterocycles. The maximum atomic E-state index is 12.0. The molecule has 32 heavy (non-hydrogen) atoms. The molecule has 0 unspecified atom stereocenters. The summed E-state index contributed by atoms with van der Waals surface area (Å²) < 4.78 is 5.58. The van der Waals surface area contributed by atoms with E-state index in [2.05, 4.69) is 16.0 Å². The molecule has 6 nitrogen and oxygen atoms in total. The van der Waals surface area contributed by atoms with Crippen LogP contribution in [0.25, 0.3) is 0 Å². The number of carbonyl (C=O) groups excluding carboxylic acids is 2. The number of nitrogens with one attached hydrogen (secondary N) is 3. The lowest BCUT2D eigenvalue weighted by molar-refractivity contribution is -0.119. The van der Waals surface area contributed by atoms with E-state index in [1.165, 1.54) is 0 Å². The second-order valence-corrected chi connectivity index (χ2v) is 7.92. The average Bonchev–Trinajstić information content (AvgIpc) is 2.79. The van der Waals surface area contributed by atoms with E-state index in [1.54, 1.807) is 0 Å². The second-order valence-electron chi connectivity index (χ2n) is 7.92. The molecular weight excluding hydrogens is 402 g/mol. The van der Waals surface area contributed by atoms with Crippen LogP contribution in [0, 0.1) is 12.8 Å². The normalized spacial score (nSPS) is 10.5. The van der Waals surface area contributed by atoms with Crippen LogP contribution in [0.3, 0.4) is 0 Å². The van der Waals surface area contributed by atoms with Crippen molar-refractivity contribution < 1.29 is 14.3 Å². The maximum absolute atomic E-state index is 12.0. The summed E-state index contributed by atoms with van der Waals surface area (Å²) in [6.45, 7) is 6.32. The Balaban J connectivity index is 1.43. The van der Waals surface area contributed by atoms with Crippen molar-refractivity contribution in [1.82, 2.24) is 0 Å². The van der Waals surface area contributed by atoms with E-state index < -0.39 is 0 Å². The Morgan fingerprint density at radius 3 is 1.97 bits per heavy atom. The van der Waals surface area contributed by atoms with Crippen molar-refractivity contribution >= 4 is 28.9 Å². The highest BCUT2D eigenvalue weighted by molar-refractivity contribution is 5.92. The van der Waals surface area contributed by atoms with Crippen molar-refractivity contribution in [2.24, 2.45) is 5.92 Å². The zero-order chi connectivity index (χ0) is 22.9. The van der Waals surface area contributed by atoms with Crippen molar-refractivity contribution in [3.05, 3.63) is 83.9 Å². The van der Waals surface area contributed by atoms with Gasteiger partial charge in [-0.1, -0.05) is 43.7 Å². The van der Waals surface area contributed by atoms with Gasteiger partial charge in [-0.25, -0.2) is 0 Å². The monoisotopic (exact) mass is 431 g/mol. The molecule has 0 spiro atoms. The van der Waals surface area contributed by atoms with Gasteiger partial charge in [-0.05, 0) is 61.0 Å². The van der Waals surface area contributed by atoms with Gasteiger partial charge in [-0.3, -0.25) is 9.59 Å². The molecule has 3 rings (SSSR count). The fourth-order valence-corrected chi connectivity index (χ4v) is 2.85. The van der Waals surface area contributed by atoms with Crippen molar-refractivity contribution in [3.63, 3.8) is 0 Å². The highest BCUT2D eigenvalue weighted by Gasteiger charge is 2.07. The Kier molecular flexibility index (Phi) is 7.86. The van der Waals surface area contributed by atoms with Crippen LogP contribution in [0.5, 0.6) is 5.75 Å². The zero-order valence-corrected chi connectivity index (χ0v) is 18.6. The van der Waals surface area contributed by atoms with Crippen molar-refractivity contribution in [1.29, 1.82) is 0 Å². The predicted octanol–water partition coefficient (Wildman–Crippen LogP) is 5.22. The van der Waals surface area contributed by atoms with Gasteiger partial charge in [0.15, 0.2) is 6.61 Å². The standard InChI is InChI=1S/C26H29N3O3/c1-18(2)26(31)29-23-12-10-21(11-13-23)27-16-20-6-14-24(15-7-20)32-17-25(30)28-22-8-4-19(3)5-9-22/h4-15,18,27H,16-17H2,1-3H3,(H,28,30)(H,29,31). The lowest BCUT2D eigenvalue weighted by Crippen LogP contribution is -2.20. The van der Waals surface area contributed by atoms with Crippen LogP contribution in [-0.4, -0.2) is 18.4 Å². The van der Waals surface area contributed by atoms with Crippen molar-refractivity contribution in [2.45, 2.75) is 27.3 Å². The third kappa shape index (κ3) is 7.16. The number of hydrogen-bond donors (Lipinski definition) is 3. The minimum Gasteiger partial charge on any atom is -0.484 e. The summed E-state index contributed by atoms with van der Waals surface area (Å²) in [4.78, 5) is 23.8. The lowest BCUT2D eigenvalue weighted by Gasteiger charge is -2.11. The average molecular weight is 432 g/mol. The molecular formula is C26H29N3O3. The number of amides is 2. The topological polar surface area (TPSA) is 79.5 Å². The third-order valence-corrected chi connectivity index (χ3v) is 4.80. The van der Waals surface area contributed by atoms with E-state index in [9.17, 15) is 9.59 Å². The Bertz CT molecular complexity index is 1030. The third-order valence-electron chi connectivity index (χ3n) is 4.80. The van der Waals surface area contributed by atoms with Gasteiger partial charge in [0.05, 0.1) is 0 Å². The van der Waals surface area contributed by atoms with Gasteiger partial charge in [0.25, 0.3) is 5.91 Å². The number of carbonyl (C=O) groups is 2. The molecule has 3 aromatic carbocycles. The van der Waals surface area contributed by atoms with E-state index >= 15 is 0 Å². The zero-order valence-electron chi connectivity index (χ0n) is 18.6. The summed E-state index contributed by atoms with van der Waals surface area (Å²) in [5.41, 5.74) is 4.71. The lowest BCUT2D eigenvalue weighted by atomic mass is 10.2. The van der Waals surface area contributed by atoms with Crippen LogP contribution in [0.4, 0.5) is 17.1 Å². The first-order valence-electron chi connectivity index (χ1n) is 10.6. The Morgan fingerprint density at radius 2 is 1.34 bits per heavy atom. The summed E-state index contributed by atoms with van der Waals surface area (Å²) in [6.07, 6.45) is 0. The fourth-order valence-electron chi connectivity index (χ4n) is 2.85. The summed E-state index contributed by atoms with van der Waals surface area (Å²) in [5, 5.41) is 9.03. The second kappa shape index (κ2) is 11.0. The molecule has 0 aromatic heterocycles. The van der Waals surface area contributed by atoms with Gasteiger partial charge >= 0.3 is 0 Å². The molecule has 0 heterocycles. The van der Waals surface area contributed by atoms with Gasteiger partial charge in [0, 0.05) is 29.5 Å². The smallest absolute Gasteiger partial charge is 0.262 e. The molecule has 6 heteroatoms. The summed E-state index contributed by atoms with van der Waals surface area (Å²) in [6, 6.07) is 22.8. The van der Waals surface area contributed by atoms with E-state index in [4.69, 9.17) is 4.74 Å². The van der Waals surface area contributed by atoms with Gasteiger partial charge < -0.3 is 20.7 Å². The predicted molar refractivity (Wildman–Crippen MR) is 129 cm³/mol. The van der Waals surface area contributed by atoms with Crippen molar-refractivity contribution in [2.75, 3.05) is 22.6 Å². The van der Waals surface area contributed by atoms with Crippen LogP contribution in [0.15, 0.2) is 72.8 Å². The molecule has 0 aliphatic rings. The summed E-state index contributed by atoms with van der Waals surface area (Å²) in [7, 11) is 0. The molecule has 3 N–H and O–H groups in total. The van der Waals surface area contributed by atoms with Crippen molar-refractivity contribution in [3.8, 4) is 5.75 Å². The van der Waals surface area contributed by atoms with Crippen LogP contribution < -0.4 is 20.7 Å². The van der Waals surface area contributed by atoms with Gasteiger partial charge in [-0.15, -0.1) is 0 Å². The minimum atomic E-state index is -0.201. The summed E-state index contributed by atoms with van der Waals surface area (Å²) >= 11 is 0. The van der Waals surface area contributed by atoms with Crippen LogP contribution >= 0.6 is 0 Å². The Hall–Kier alpha value is -3.80. The highest BCUT2D eigenvalue weighted by Crippen LogP contribution is 2.17. The largest absolute Gasteiger partial charge is 0.484 e. The Morgan fingerprint density at radius 1 is 0.781 bits per heavy atom. The molecule has 0 aliphatic carbocycles. The van der Waals surface area contributed by atoms with E-state index in [-0.39, 0.29) is 24.3 Å². The molecule has 0 fully saturated rings. The molecule has 0 radical (unpaired) electrons.